The standard InChI is InChI=1S/C14H14N2OS2/c1-9-16-12-8-13(11(15)7-14(12)19-9)17-5-4-10-3-2-6-18-10/h2-3,6-8H,4-5,15H2,1H3. The second-order valence-corrected chi connectivity index (χ2v) is 6.54. The van der Waals surface area contributed by atoms with Crippen molar-refractivity contribution in [3.8, 4) is 5.75 Å². The van der Waals surface area contributed by atoms with Crippen LogP contribution in [0.2, 0.25) is 0 Å². The molecule has 0 bridgehead atoms. The number of benzene rings is 1. The average Bonchev–Trinajstić information content (AvgIpc) is 2.98. The highest BCUT2D eigenvalue weighted by molar-refractivity contribution is 7.18. The lowest BCUT2D eigenvalue weighted by Crippen LogP contribution is -2.02. The van der Waals surface area contributed by atoms with Gasteiger partial charge in [-0.15, -0.1) is 22.7 Å². The zero-order valence-electron chi connectivity index (χ0n) is 10.6. The monoisotopic (exact) mass is 290 g/mol. The number of fused-ring (bicyclic) bond motifs is 1. The number of anilines is 1. The first-order valence-electron chi connectivity index (χ1n) is 6.04. The molecule has 0 fully saturated rings. The molecule has 3 rings (SSSR count). The minimum atomic E-state index is 0.638. The summed E-state index contributed by atoms with van der Waals surface area (Å²) in [4.78, 5) is 5.78. The first kappa shape index (κ1) is 12.4. The average molecular weight is 290 g/mol. The number of rotatable bonds is 4. The maximum absolute atomic E-state index is 6.01. The van der Waals surface area contributed by atoms with Gasteiger partial charge in [-0.25, -0.2) is 4.98 Å². The largest absolute Gasteiger partial charge is 0.491 e. The summed E-state index contributed by atoms with van der Waals surface area (Å²) < 4.78 is 6.89. The highest BCUT2D eigenvalue weighted by atomic mass is 32.1. The van der Waals surface area contributed by atoms with Crippen molar-refractivity contribution in [3.05, 3.63) is 39.5 Å². The van der Waals surface area contributed by atoms with Crippen LogP contribution in [0.5, 0.6) is 5.75 Å². The van der Waals surface area contributed by atoms with E-state index in [9.17, 15) is 0 Å². The zero-order chi connectivity index (χ0) is 13.2. The lowest BCUT2D eigenvalue weighted by molar-refractivity contribution is 0.325. The van der Waals surface area contributed by atoms with Crippen LogP contribution in [-0.2, 0) is 6.42 Å². The molecule has 0 amide bonds. The van der Waals surface area contributed by atoms with Crippen LogP contribution >= 0.6 is 22.7 Å². The molecule has 0 aliphatic rings. The van der Waals surface area contributed by atoms with Crippen molar-refractivity contribution in [2.75, 3.05) is 12.3 Å². The summed E-state index contributed by atoms with van der Waals surface area (Å²) in [6.45, 7) is 2.64. The van der Waals surface area contributed by atoms with Crippen molar-refractivity contribution in [2.24, 2.45) is 0 Å². The van der Waals surface area contributed by atoms with Crippen LogP contribution in [0.3, 0.4) is 0 Å². The minimum absolute atomic E-state index is 0.638. The van der Waals surface area contributed by atoms with Gasteiger partial charge in [0.1, 0.15) is 5.75 Å². The molecule has 0 atom stereocenters. The van der Waals surface area contributed by atoms with E-state index in [0.29, 0.717) is 12.3 Å². The van der Waals surface area contributed by atoms with Crippen LogP contribution in [0.25, 0.3) is 10.2 Å². The maximum atomic E-state index is 6.01. The summed E-state index contributed by atoms with van der Waals surface area (Å²) in [7, 11) is 0. The number of ether oxygens (including phenoxy) is 1. The van der Waals surface area contributed by atoms with Crippen LogP contribution in [0.1, 0.15) is 9.88 Å². The highest BCUT2D eigenvalue weighted by Gasteiger charge is 2.07. The van der Waals surface area contributed by atoms with Crippen LogP contribution < -0.4 is 10.5 Å². The van der Waals surface area contributed by atoms with E-state index in [4.69, 9.17) is 10.5 Å². The van der Waals surface area contributed by atoms with Crippen molar-refractivity contribution >= 4 is 38.6 Å². The second kappa shape index (κ2) is 5.19. The quantitative estimate of drug-likeness (QED) is 0.742. The van der Waals surface area contributed by atoms with Crippen molar-refractivity contribution in [1.82, 2.24) is 4.98 Å². The third kappa shape index (κ3) is 2.72. The van der Waals surface area contributed by atoms with Crippen LogP contribution in [-0.4, -0.2) is 11.6 Å². The van der Waals surface area contributed by atoms with Gasteiger partial charge < -0.3 is 10.5 Å². The predicted octanol–water partition coefficient (Wildman–Crippen LogP) is 3.87. The van der Waals surface area contributed by atoms with Gasteiger partial charge >= 0.3 is 0 Å². The van der Waals surface area contributed by atoms with Gasteiger partial charge in [-0.2, -0.15) is 0 Å². The van der Waals surface area contributed by atoms with E-state index >= 15 is 0 Å². The third-order valence-corrected chi connectivity index (χ3v) is 4.68. The molecule has 2 N–H and O–H groups in total. The Morgan fingerprint density at radius 2 is 2.26 bits per heavy atom. The van der Waals surface area contributed by atoms with Crippen molar-refractivity contribution in [1.29, 1.82) is 0 Å². The topological polar surface area (TPSA) is 48.1 Å². The van der Waals surface area contributed by atoms with E-state index in [-0.39, 0.29) is 0 Å². The molecule has 0 aliphatic carbocycles. The Kier molecular flexibility index (Phi) is 3.40. The number of thiazole rings is 1. The summed E-state index contributed by atoms with van der Waals surface area (Å²) in [5.74, 6) is 0.731. The molecule has 0 spiro atoms. The van der Waals surface area contributed by atoms with Crippen molar-refractivity contribution in [3.63, 3.8) is 0 Å². The molecule has 3 nitrogen and oxygen atoms in total. The molecule has 0 saturated carbocycles. The Labute approximate surface area is 119 Å². The number of nitrogen functional groups attached to an aromatic ring is 1. The van der Waals surface area contributed by atoms with Gasteiger partial charge in [-0.3, -0.25) is 0 Å². The van der Waals surface area contributed by atoms with Crippen LogP contribution in [0, 0.1) is 6.92 Å². The molecule has 0 aliphatic heterocycles. The Morgan fingerprint density at radius 1 is 1.37 bits per heavy atom. The molecule has 19 heavy (non-hydrogen) atoms. The maximum Gasteiger partial charge on any atom is 0.144 e. The Bertz CT molecular complexity index is 689. The molecule has 0 unspecified atom stereocenters. The van der Waals surface area contributed by atoms with Gasteiger partial charge in [0.05, 0.1) is 27.5 Å². The lowest BCUT2D eigenvalue weighted by atomic mass is 10.2. The number of thiophene rings is 1. The van der Waals surface area contributed by atoms with Crippen molar-refractivity contribution in [2.45, 2.75) is 13.3 Å². The number of aromatic nitrogens is 1. The number of nitrogens with zero attached hydrogens (tertiary/aromatic N) is 1. The van der Waals surface area contributed by atoms with Crippen LogP contribution in [0.4, 0.5) is 5.69 Å². The summed E-state index contributed by atoms with van der Waals surface area (Å²) in [6.07, 6.45) is 0.908. The van der Waals surface area contributed by atoms with E-state index in [2.05, 4.69) is 22.5 Å². The first-order valence-corrected chi connectivity index (χ1v) is 7.74. The molecular formula is C14H14N2OS2. The van der Waals surface area contributed by atoms with Gasteiger partial charge in [0.15, 0.2) is 0 Å². The van der Waals surface area contributed by atoms with Gasteiger partial charge in [0.25, 0.3) is 0 Å². The third-order valence-electron chi connectivity index (χ3n) is 2.81. The summed E-state index contributed by atoms with van der Waals surface area (Å²) in [5.41, 5.74) is 7.66. The Morgan fingerprint density at radius 3 is 3.05 bits per heavy atom. The lowest BCUT2D eigenvalue weighted by Gasteiger charge is -2.08. The molecule has 2 aromatic heterocycles. The van der Waals surface area contributed by atoms with E-state index in [0.717, 1.165) is 27.4 Å². The SMILES string of the molecule is Cc1nc2cc(OCCc3cccs3)c(N)cc2s1. The molecule has 0 radical (unpaired) electrons. The summed E-state index contributed by atoms with van der Waals surface area (Å²) in [6, 6.07) is 8.05. The smallest absolute Gasteiger partial charge is 0.144 e. The molecular weight excluding hydrogens is 276 g/mol. The van der Waals surface area contributed by atoms with E-state index in [1.54, 1.807) is 22.7 Å². The van der Waals surface area contributed by atoms with Crippen molar-refractivity contribution < 1.29 is 4.74 Å². The van der Waals surface area contributed by atoms with Gasteiger partial charge in [-0.05, 0) is 24.4 Å². The molecule has 3 aromatic rings. The molecule has 0 saturated heterocycles. The van der Waals surface area contributed by atoms with Crippen LogP contribution in [0.15, 0.2) is 29.6 Å². The Balaban J connectivity index is 1.74. The van der Waals surface area contributed by atoms with Gasteiger partial charge in [0, 0.05) is 17.4 Å². The molecule has 98 valence electrons. The number of hydrogen-bond acceptors (Lipinski definition) is 5. The fourth-order valence-corrected chi connectivity index (χ4v) is 3.47. The summed E-state index contributed by atoms with van der Waals surface area (Å²) >= 11 is 3.40. The zero-order valence-corrected chi connectivity index (χ0v) is 12.2. The number of hydrogen-bond donors (Lipinski definition) is 1. The number of nitrogens with two attached hydrogens (primary N) is 1. The predicted molar refractivity (Wildman–Crippen MR) is 82.3 cm³/mol. The highest BCUT2D eigenvalue weighted by Crippen LogP contribution is 2.31. The van der Waals surface area contributed by atoms with E-state index < -0.39 is 0 Å². The first-order chi connectivity index (χ1) is 9.22. The van der Waals surface area contributed by atoms with Gasteiger partial charge in [0.2, 0.25) is 0 Å². The molecule has 2 heterocycles. The number of aryl methyl sites for hydroxylation is 1. The molecule has 1 aromatic carbocycles. The fraction of sp³-hybridized carbons (Fsp3) is 0.214. The van der Waals surface area contributed by atoms with E-state index in [1.807, 2.05) is 19.1 Å². The normalized spacial score (nSPS) is 11.0. The molecule has 5 heteroatoms. The minimum Gasteiger partial charge on any atom is -0.491 e. The second-order valence-electron chi connectivity index (χ2n) is 4.27. The van der Waals surface area contributed by atoms with E-state index in [1.165, 1.54) is 4.88 Å². The Hall–Kier alpha value is -1.59. The summed E-state index contributed by atoms with van der Waals surface area (Å²) in [5, 5.41) is 3.12. The van der Waals surface area contributed by atoms with Gasteiger partial charge in [-0.1, -0.05) is 6.07 Å². The fourth-order valence-electron chi connectivity index (χ4n) is 1.93.